The van der Waals surface area contributed by atoms with Crippen LogP contribution in [0.1, 0.15) is 23.6 Å². The smallest absolute Gasteiger partial charge is 0.127 e. The van der Waals surface area contributed by atoms with Gasteiger partial charge in [0, 0.05) is 0 Å². The van der Waals surface area contributed by atoms with E-state index in [1.807, 2.05) is 24.3 Å². The van der Waals surface area contributed by atoms with Gasteiger partial charge in [0.25, 0.3) is 0 Å². The molecule has 0 atom stereocenters. The van der Waals surface area contributed by atoms with Crippen LogP contribution in [0.4, 0.5) is 0 Å². The Morgan fingerprint density at radius 1 is 0.941 bits per heavy atom. The van der Waals surface area contributed by atoms with Gasteiger partial charge in [-0.25, -0.2) is 0 Å². The summed E-state index contributed by atoms with van der Waals surface area (Å²) >= 11 is 0. The molecule has 88 valence electrons. The minimum Gasteiger partial charge on any atom is -0.457 e. The van der Waals surface area contributed by atoms with Crippen molar-refractivity contribution in [3.63, 3.8) is 0 Å². The number of hydrogen-bond donors (Lipinski definition) is 0. The molecule has 1 nitrogen and oxygen atoms in total. The zero-order chi connectivity index (χ0) is 12.3. The first-order chi connectivity index (χ1) is 8.19. The maximum Gasteiger partial charge on any atom is 0.127 e. The molecule has 2 aromatic rings. The molecule has 1 heteroatoms. The fraction of sp³-hybridized carbons (Fsp3) is 0.250. The highest BCUT2D eigenvalue weighted by Crippen LogP contribution is 2.24. The van der Waals surface area contributed by atoms with E-state index in [1.54, 1.807) is 0 Å². The third-order valence-electron chi connectivity index (χ3n) is 2.93. The van der Waals surface area contributed by atoms with Crippen LogP contribution in [0.3, 0.4) is 0 Å². The molecule has 0 aliphatic heterocycles. The van der Waals surface area contributed by atoms with E-state index in [4.69, 9.17) is 4.74 Å². The molecule has 0 unspecified atom stereocenters. The summed E-state index contributed by atoms with van der Waals surface area (Å²) in [4.78, 5) is 0. The number of ether oxygens (including phenoxy) is 1. The summed E-state index contributed by atoms with van der Waals surface area (Å²) in [6.45, 7) is 6.37. The summed E-state index contributed by atoms with van der Waals surface area (Å²) in [6.07, 6.45) is 1.04. The first-order valence-corrected chi connectivity index (χ1v) is 6.03. The van der Waals surface area contributed by atoms with E-state index in [2.05, 4.69) is 39.0 Å². The van der Waals surface area contributed by atoms with Gasteiger partial charge in [0.05, 0.1) is 0 Å². The van der Waals surface area contributed by atoms with E-state index in [0.29, 0.717) is 0 Å². The van der Waals surface area contributed by atoms with Gasteiger partial charge in [0.2, 0.25) is 0 Å². The maximum atomic E-state index is 5.86. The molecule has 0 radical (unpaired) electrons. The van der Waals surface area contributed by atoms with Crippen molar-refractivity contribution in [3.05, 3.63) is 59.2 Å². The van der Waals surface area contributed by atoms with Crippen LogP contribution in [0, 0.1) is 13.8 Å². The van der Waals surface area contributed by atoms with E-state index < -0.39 is 0 Å². The van der Waals surface area contributed by atoms with Gasteiger partial charge in [-0.15, -0.1) is 0 Å². The lowest BCUT2D eigenvalue weighted by molar-refractivity contribution is 0.481. The Bertz CT molecular complexity index is 515. The van der Waals surface area contributed by atoms with Gasteiger partial charge in [-0.3, -0.25) is 0 Å². The molecule has 0 aliphatic carbocycles. The minimum absolute atomic E-state index is 0.899. The second kappa shape index (κ2) is 5.05. The molecular formula is C16H18O. The van der Waals surface area contributed by atoms with Crippen LogP contribution in [0.5, 0.6) is 11.5 Å². The van der Waals surface area contributed by atoms with Gasteiger partial charge in [-0.1, -0.05) is 25.1 Å². The van der Waals surface area contributed by atoms with Crippen LogP contribution in [0.15, 0.2) is 42.5 Å². The molecule has 17 heavy (non-hydrogen) atoms. The Kier molecular flexibility index (Phi) is 3.48. The highest BCUT2D eigenvalue weighted by Gasteiger charge is 2.01. The minimum atomic E-state index is 0.899. The molecule has 0 N–H and O–H groups in total. The van der Waals surface area contributed by atoms with E-state index in [9.17, 15) is 0 Å². The van der Waals surface area contributed by atoms with Crippen molar-refractivity contribution in [3.8, 4) is 11.5 Å². The predicted molar refractivity (Wildman–Crippen MR) is 71.8 cm³/mol. The molecule has 0 bridgehead atoms. The molecule has 2 rings (SSSR count). The van der Waals surface area contributed by atoms with E-state index in [0.717, 1.165) is 17.9 Å². The molecule has 0 amide bonds. The summed E-state index contributed by atoms with van der Waals surface area (Å²) < 4.78 is 5.86. The number of benzene rings is 2. The standard InChI is InChI=1S/C16H18O/c1-4-14-11-16(9-8-13(14)3)17-15-7-5-6-12(2)10-15/h5-11H,4H2,1-3H3. The third-order valence-corrected chi connectivity index (χ3v) is 2.93. The first kappa shape index (κ1) is 11.7. The van der Waals surface area contributed by atoms with Crippen LogP contribution < -0.4 is 4.74 Å². The molecule has 0 fully saturated rings. The Balaban J connectivity index is 2.24. The highest BCUT2D eigenvalue weighted by molar-refractivity contribution is 5.38. The molecular weight excluding hydrogens is 208 g/mol. The average Bonchev–Trinajstić information content (AvgIpc) is 2.32. The zero-order valence-corrected chi connectivity index (χ0v) is 10.7. The SMILES string of the molecule is CCc1cc(Oc2cccc(C)c2)ccc1C. The fourth-order valence-corrected chi connectivity index (χ4v) is 1.91. The molecule has 0 aliphatic rings. The molecule has 2 aromatic carbocycles. The molecule has 0 heterocycles. The maximum absolute atomic E-state index is 5.86. The number of rotatable bonds is 3. The van der Waals surface area contributed by atoms with Crippen LogP contribution >= 0.6 is 0 Å². The van der Waals surface area contributed by atoms with E-state index in [-0.39, 0.29) is 0 Å². The largest absolute Gasteiger partial charge is 0.457 e. The van der Waals surface area contributed by atoms with Gasteiger partial charge < -0.3 is 4.74 Å². The first-order valence-electron chi connectivity index (χ1n) is 6.03. The average molecular weight is 226 g/mol. The van der Waals surface area contributed by atoms with Gasteiger partial charge in [-0.05, 0) is 61.2 Å². The van der Waals surface area contributed by atoms with Crippen molar-refractivity contribution >= 4 is 0 Å². The van der Waals surface area contributed by atoms with Gasteiger partial charge in [-0.2, -0.15) is 0 Å². The van der Waals surface area contributed by atoms with E-state index >= 15 is 0 Å². The van der Waals surface area contributed by atoms with Crippen molar-refractivity contribution < 1.29 is 4.74 Å². The molecule has 0 spiro atoms. The topological polar surface area (TPSA) is 9.23 Å². The summed E-state index contributed by atoms with van der Waals surface area (Å²) in [5.41, 5.74) is 3.88. The quantitative estimate of drug-likeness (QED) is 0.739. The summed E-state index contributed by atoms with van der Waals surface area (Å²) in [5.74, 6) is 1.81. The van der Waals surface area contributed by atoms with Crippen molar-refractivity contribution in [2.75, 3.05) is 0 Å². The lowest BCUT2D eigenvalue weighted by atomic mass is 10.1. The van der Waals surface area contributed by atoms with E-state index in [1.165, 1.54) is 16.7 Å². The normalized spacial score (nSPS) is 10.3. The summed E-state index contributed by atoms with van der Waals surface area (Å²) in [7, 11) is 0. The Morgan fingerprint density at radius 2 is 1.71 bits per heavy atom. The lowest BCUT2D eigenvalue weighted by Gasteiger charge is -2.09. The van der Waals surface area contributed by atoms with Crippen molar-refractivity contribution in [2.24, 2.45) is 0 Å². The second-order valence-corrected chi connectivity index (χ2v) is 4.36. The molecule has 0 saturated carbocycles. The molecule has 0 aromatic heterocycles. The summed E-state index contributed by atoms with van der Waals surface area (Å²) in [6, 6.07) is 14.4. The lowest BCUT2D eigenvalue weighted by Crippen LogP contribution is -1.90. The van der Waals surface area contributed by atoms with Crippen molar-refractivity contribution in [1.29, 1.82) is 0 Å². The van der Waals surface area contributed by atoms with Crippen molar-refractivity contribution in [1.82, 2.24) is 0 Å². The number of hydrogen-bond acceptors (Lipinski definition) is 1. The number of aryl methyl sites for hydroxylation is 3. The zero-order valence-electron chi connectivity index (χ0n) is 10.7. The van der Waals surface area contributed by atoms with Gasteiger partial charge >= 0.3 is 0 Å². The second-order valence-electron chi connectivity index (χ2n) is 4.36. The molecule has 0 saturated heterocycles. The Hall–Kier alpha value is -1.76. The fourth-order valence-electron chi connectivity index (χ4n) is 1.91. The Morgan fingerprint density at radius 3 is 2.41 bits per heavy atom. The van der Waals surface area contributed by atoms with Gasteiger partial charge in [0.1, 0.15) is 11.5 Å². The third kappa shape index (κ3) is 2.88. The predicted octanol–water partition coefficient (Wildman–Crippen LogP) is 4.66. The summed E-state index contributed by atoms with van der Waals surface area (Å²) in [5, 5.41) is 0. The van der Waals surface area contributed by atoms with Crippen molar-refractivity contribution in [2.45, 2.75) is 27.2 Å². The van der Waals surface area contributed by atoms with Crippen LogP contribution in [0.25, 0.3) is 0 Å². The Labute approximate surface area is 103 Å². The highest BCUT2D eigenvalue weighted by atomic mass is 16.5. The monoisotopic (exact) mass is 226 g/mol. The van der Waals surface area contributed by atoms with Crippen LogP contribution in [-0.4, -0.2) is 0 Å². The van der Waals surface area contributed by atoms with Crippen LogP contribution in [-0.2, 0) is 6.42 Å². The van der Waals surface area contributed by atoms with Crippen LogP contribution in [0.2, 0.25) is 0 Å². The van der Waals surface area contributed by atoms with Gasteiger partial charge in [0.15, 0.2) is 0 Å².